The molecule has 2 aromatic rings. The van der Waals surface area contributed by atoms with Crippen LogP contribution >= 0.6 is 15.9 Å². The Kier molecular flexibility index (Phi) is 4.11. The van der Waals surface area contributed by atoms with Crippen LogP contribution in [0.5, 0.6) is 0 Å². The van der Waals surface area contributed by atoms with Crippen molar-refractivity contribution in [3.63, 3.8) is 0 Å². The third-order valence-corrected chi connectivity index (χ3v) is 4.61. The van der Waals surface area contributed by atoms with E-state index in [2.05, 4.69) is 20.7 Å². The van der Waals surface area contributed by atoms with E-state index in [1.54, 1.807) is 12.1 Å². The van der Waals surface area contributed by atoms with Crippen molar-refractivity contribution in [2.75, 3.05) is 4.72 Å². The normalized spacial score (nSPS) is 11.4. The molecule has 0 aliphatic carbocycles. The number of furan rings is 1. The van der Waals surface area contributed by atoms with Crippen LogP contribution < -0.4 is 4.72 Å². The minimum absolute atomic E-state index is 0.0200. The molecule has 1 aromatic carbocycles. The van der Waals surface area contributed by atoms with Gasteiger partial charge in [-0.3, -0.25) is 4.72 Å². The largest absolute Gasteiger partial charge is 0.475 e. The van der Waals surface area contributed by atoms with Gasteiger partial charge in [-0.15, -0.1) is 0 Å². The predicted molar refractivity (Wildman–Crippen MR) is 80.1 cm³/mol. The molecule has 0 fully saturated rings. The molecule has 1 aromatic heterocycles. The number of hydrogen-bond donors (Lipinski definition) is 2. The van der Waals surface area contributed by atoms with E-state index in [0.29, 0.717) is 5.69 Å². The monoisotopic (exact) mass is 373 g/mol. The van der Waals surface area contributed by atoms with E-state index in [0.717, 1.165) is 16.1 Å². The highest BCUT2D eigenvalue weighted by atomic mass is 79.9. The quantitative estimate of drug-likeness (QED) is 0.857. The maximum absolute atomic E-state index is 12.3. The fraction of sp³-hybridized carbons (Fsp3) is 0.154. The smallest absolute Gasteiger partial charge is 0.371 e. The first-order valence-corrected chi connectivity index (χ1v) is 8.10. The third kappa shape index (κ3) is 3.45. The Balaban J connectivity index is 2.40. The SMILES string of the molecule is Cc1cc(Br)cc(NS(=O)(=O)c2cc(C(=O)O)oc2C)c1. The first-order chi connectivity index (χ1) is 9.69. The molecular formula is C13H12BrNO5S. The molecule has 0 spiro atoms. The summed E-state index contributed by atoms with van der Waals surface area (Å²) in [6.45, 7) is 3.22. The van der Waals surface area contributed by atoms with Crippen molar-refractivity contribution < 1.29 is 22.7 Å². The predicted octanol–water partition coefficient (Wildman–Crippen LogP) is 3.16. The molecule has 21 heavy (non-hydrogen) atoms. The van der Waals surface area contributed by atoms with Crippen LogP contribution in [0.15, 0.2) is 38.1 Å². The Labute approximate surface area is 130 Å². The molecule has 112 valence electrons. The van der Waals surface area contributed by atoms with E-state index in [1.165, 1.54) is 6.92 Å². The lowest BCUT2D eigenvalue weighted by molar-refractivity contribution is 0.0661. The number of carboxylic acid groups (broad SMARTS) is 1. The van der Waals surface area contributed by atoms with Gasteiger partial charge >= 0.3 is 5.97 Å². The number of carboxylic acids is 1. The lowest BCUT2D eigenvalue weighted by Crippen LogP contribution is -2.13. The average Bonchev–Trinajstić information content (AvgIpc) is 2.70. The van der Waals surface area contributed by atoms with Crippen molar-refractivity contribution >= 4 is 37.6 Å². The van der Waals surface area contributed by atoms with Crippen LogP contribution in [0.2, 0.25) is 0 Å². The molecule has 0 unspecified atom stereocenters. The van der Waals surface area contributed by atoms with Crippen molar-refractivity contribution in [2.24, 2.45) is 0 Å². The molecule has 1 heterocycles. The lowest BCUT2D eigenvalue weighted by Gasteiger charge is -2.08. The van der Waals surface area contributed by atoms with Gasteiger partial charge in [0, 0.05) is 10.5 Å². The summed E-state index contributed by atoms with van der Waals surface area (Å²) in [5.41, 5.74) is 1.25. The zero-order chi connectivity index (χ0) is 15.8. The summed E-state index contributed by atoms with van der Waals surface area (Å²) in [5, 5.41) is 8.84. The zero-order valence-electron chi connectivity index (χ0n) is 11.2. The Morgan fingerprint density at radius 2 is 1.90 bits per heavy atom. The summed E-state index contributed by atoms with van der Waals surface area (Å²) in [7, 11) is -3.92. The fourth-order valence-electron chi connectivity index (χ4n) is 1.84. The van der Waals surface area contributed by atoms with E-state index in [-0.39, 0.29) is 10.7 Å². The molecule has 0 atom stereocenters. The molecule has 0 aliphatic heterocycles. The third-order valence-electron chi connectivity index (χ3n) is 2.67. The van der Waals surface area contributed by atoms with Crippen molar-refractivity contribution in [1.82, 2.24) is 0 Å². The first kappa shape index (κ1) is 15.6. The molecule has 0 saturated carbocycles. The second kappa shape index (κ2) is 5.53. The van der Waals surface area contributed by atoms with Gasteiger partial charge in [-0.1, -0.05) is 15.9 Å². The topological polar surface area (TPSA) is 96.6 Å². The molecule has 0 amide bonds. The number of anilines is 1. The van der Waals surface area contributed by atoms with Crippen LogP contribution in [0.3, 0.4) is 0 Å². The van der Waals surface area contributed by atoms with Crippen LogP contribution in [0, 0.1) is 13.8 Å². The van der Waals surface area contributed by atoms with Gasteiger partial charge in [-0.25, -0.2) is 13.2 Å². The number of rotatable bonds is 4. The van der Waals surface area contributed by atoms with E-state index in [1.807, 2.05) is 13.0 Å². The zero-order valence-corrected chi connectivity index (χ0v) is 13.6. The Morgan fingerprint density at radius 1 is 1.24 bits per heavy atom. The molecule has 2 N–H and O–H groups in total. The number of aromatic carboxylic acids is 1. The number of hydrogen-bond acceptors (Lipinski definition) is 4. The number of aryl methyl sites for hydroxylation is 2. The van der Waals surface area contributed by atoms with Gasteiger partial charge in [0.15, 0.2) is 0 Å². The summed E-state index contributed by atoms with van der Waals surface area (Å²) >= 11 is 3.28. The molecule has 6 nitrogen and oxygen atoms in total. The Hall–Kier alpha value is -1.80. The maximum Gasteiger partial charge on any atom is 0.371 e. The van der Waals surface area contributed by atoms with Gasteiger partial charge in [-0.2, -0.15) is 0 Å². The minimum Gasteiger partial charge on any atom is -0.475 e. The Bertz CT molecular complexity index is 790. The van der Waals surface area contributed by atoms with Gasteiger partial charge in [0.2, 0.25) is 5.76 Å². The van der Waals surface area contributed by atoms with Crippen molar-refractivity contribution in [2.45, 2.75) is 18.7 Å². The van der Waals surface area contributed by atoms with Gasteiger partial charge in [0.25, 0.3) is 10.0 Å². The summed E-state index contributed by atoms with van der Waals surface area (Å²) < 4.78 is 32.7. The van der Waals surface area contributed by atoms with E-state index in [4.69, 9.17) is 9.52 Å². The first-order valence-electron chi connectivity index (χ1n) is 5.83. The van der Waals surface area contributed by atoms with Gasteiger partial charge in [0.1, 0.15) is 10.7 Å². The maximum atomic E-state index is 12.3. The molecule has 8 heteroatoms. The van der Waals surface area contributed by atoms with Crippen LogP contribution in [0.4, 0.5) is 5.69 Å². The minimum atomic E-state index is -3.92. The number of carbonyl (C=O) groups is 1. The molecule has 2 rings (SSSR count). The summed E-state index contributed by atoms with van der Waals surface area (Å²) in [4.78, 5) is 10.6. The van der Waals surface area contributed by atoms with Crippen LogP contribution in [-0.2, 0) is 10.0 Å². The van der Waals surface area contributed by atoms with Crippen molar-refractivity contribution in [3.05, 3.63) is 45.8 Å². The van der Waals surface area contributed by atoms with E-state index >= 15 is 0 Å². The standard InChI is InChI=1S/C13H12BrNO5S/c1-7-3-9(14)5-10(4-7)15-21(18,19)12-6-11(13(16)17)20-8(12)2/h3-6,15H,1-2H3,(H,16,17). The van der Waals surface area contributed by atoms with E-state index < -0.39 is 21.8 Å². The number of benzene rings is 1. The fourth-order valence-corrected chi connectivity index (χ4v) is 3.67. The molecule has 0 aliphatic rings. The number of halogens is 1. The van der Waals surface area contributed by atoms with Crippen LogP contribution in [-0.4, -0.2) is 19.5 Å². The summed E-state index contributed by atoms with van der Waals surface area (Å²) in [6.07, 6.45) is 0. The highest BCUT2D eigenvalue weighted by Gasteiger charge is 2.24. The highest BCUT2D eigenvalue weighted by Crippen LogP contribution is 2.25. The second-order valence-electron chi connectivity index (χ2n) is 4.46. The van der Waals surface area contributed by atoms with Gasteiger partial charge in [-0.05, 0) is 37.6 Å². The summed E-state index contributed by atoms with van der Waals surface area (Å²) in [5.74, 6) is -1.72. The number of sulfonamides is 1. The summed E-state index contributed by atoms with van der Waals surface area (Å²) in [6, 6.07) is 6.10. The average molecular weight is 374 g/mol. The van der Waals surface area contributed by atoms with E-state index in [9.17, 15) is 13.2 Å². The molecule has 0 saturated heterocycles. The van der Waals surface area contributed by atoms with Crippen molar-refractivity contribution in [1.29, 1.82) is 0 Å². The van der Waals surface area contributed by atoms with Crippen molar-refractivity contribution in [3.8, 4) is 0 Å². The van der Waals surface area contributed by atoms with Crippen LogP contribution in [0.1, 0.15) is 21.9 Å². The Morgan fingerprint density at radius 3 is 2.43 bits per heavy atom. The molecular weight excluding hydrogens is 362 g/mol. The molecule has 0 radical (unpaired) electrons. The number of nitrogens with one attached hydrogen (secondary N) is 1. The van der Waals surface area contributed by atoms with Gasteiger partial charge in [0.05, 0.1) is 5.69 Å². The highest BCUT2D eigenvalue weighted by molar-refractivity contribution is 9.10. The lowest BCUT2D eigenvalue weighted by atomic mass is 10.2. The molecule has 0 bridgehead atoms. The van der Waals surface area contributed by atoms with Crippen LogP contribution in [0.25, 0.3) is 0 Å². The second-order valence-corrected chi connectivity index (χ2v) is 7.03. The van der Waals surface area contributed by atoms with Gasteiger partial charge < -0.3 is 9.52 Å².